The van der Waals surface area contributed by atoms with Gasteiger partial charge in [0.15, 0.2) is 0 Å². The summed E-state index contributed by atoms with van der Waals surface area (Å²) < 4.78 is 36.9. The van der Waals surface area contributed by atoms with Crippen LogP contribution in [0.25, 0.3) is 0 Å². The van der Waals surface area contributed by atoms with Gasteiger partial charge in [-0.1, -0.05) is 22.0 Å². The first-order valence-electron chi connectivity index (χ1n) is 3.54. The summed E-state index contributed by atoms with van der Waals surface area (Å²) >= 11 is 0. The van der Waals surface area contributed by atoms with Gasteiger partial charge in [-0.2, -0.15) is 8.42 Å². The summed E-state index contributed by atoms with van der Waals surface area (Å²) in [7, 11) is -1.82. The van der Waals surface area contributed by atoms with Gasteiger partial charge < -0.3 is 0 Å². The van der Waals surface area contributed by atoms with Gasteiger partial charge in [-0.05, 0) is 22.8 Å². The van der Waals surface area contributed by atoms with Crippen LogP contribution >= 0.6 is 10.7 Å². The standard InChI is InChI=1S/C7H8ClNO3S2/c1-13(8,10)9-14(11,12)7-5-3-2-4-6-7/h2-6H,1H3. The van der Waals surface area contributed by atoms with Crippen molar-refractivity contribution in [1.29, 1.82) is 0 Å². The molecule has 0 aromatic heterocycles. The Morgan fingerprint density at radius 2 is 1.64 bits per heavy atom. The van der Waals surface area contributed by atoms with E-state index in [4.69, 9.17) is 10.7 Å². The Bertz CT molecular complexity index is 521. The highest BCUT2D eigenvalue weighted by molar-refractivity contribution is 8.18. The van der Waals surface area contributed by atoms with Gasteiger partial charge in [0.25, 0.3) is 10.0 Å². The lowest BCUT2D eigenvalue weighted by Crippen LogP contribution is -1.99. The molecule has 1 aromatic rings. The van der Waals surface area contributed by atoms with Crippen LogP contribution in [0.3, 0.4) is 0 Å². The van der Waals surface area contributed by atoms with Crippen molar-refractivity contribution in [2.75, 3.05) is 6.26 Å². The maximum Gasteiger partial charge on any atom is 0.291 e. The van der Waals surface area contributed by atoms with Crippen LogP contribution in [0.2, 0.25) is 0 Å². The fourth-order valence-electron chi connectivity index (χ4n) is 0.811. The summed E-state index contributed by atoms with van der Waals surface area (Å²) in [5, 5.41) is 0. The van der Waals surface area contributed by atoms with Gasteiger partial charge in [-0.25, -0.2) is 4.21 Å². The number of benzene rings is 1. The molecule has 1 aromatic carbocycles. The average Bonchev–Trinajstić information content (AvgIpc) is 2.01. The van der Waals surface area contributed by atoms with Crippen LogP contribution in [-0.4, -0.2) is 18.9 Å². The van der Waals surface area contributed by atoms with Crippen LogP contribution < -0.4 is 0 Å². The highest BCUT2D eigenvalue weighted by Gasteiger charge is 2.13. The SMILES string of the molecule is CS(=O)(Cl)=NS(=O)(=O)c1ccccc1. The van der Waals surface area contributed by atoms with Crippen LogP contribution in [-0.2, 0) is 19.0 Å². The minimum absolute atomic E-state index is 0.0183. The van der Waals surface area contributed by atoms with E-state index in [0.717, 1.165) is 6.26 Å². The first-order chi connectivity index (χ1) is 6.31. The molecule has 0 heterocycles. The molecule has 0 saturated carbocycles. The number of hydrogen-bond donors (Lipinski definition) is 0. The van der Waals surface area contributed by atoms with E-state index in [9.17, 15) is 12.6 Å². The molecule has 0 aliphatic heterocycles. The second-order valence-electron chi connectivity index (χ2n) is 2.57. The molecule has 0 aliphatic carbocycles. The van der Waals surface area contributed by atoms with E-state index in [1.165, 1.54) is 12.1 Å². The van der Waals surface area contributed by atoms with Crippen molar-refractivity contribution in [3.05, 3.63) is 30.3 Å². The van der Waals surface area contributed by atoms with Gasteiger partial charge >= 0.3 is 0 Å². The van der Waals surface area contributed by atoms with E-state index in [0.29, 0.717) is 0 Å². The number of sulfonamides is 1. The molecule has 0 saturated heterocycles. The molecule has 0 amide bonds. The lowest BCUT2D eigenvalue weighted by Gasteiger charge is -1.97. The predicted molar refractivity (Wildman–Crippen MR) is 56.0 cm³/mol. The van der Waals surface area contributed by atoms with E-state index in [-0.39, 0.29) is 4.90 Å². The van der Waals surface area contributed by atoms with Gasteiger partial charge in [0, 0.05) is 6.26 Å². The van der Waals surface area contributed by atoms with Gasteiger partial charge in [0.05, 0.1) is 4.90 Å². The minimum Gasteiger partial charge on any atom is -0.233 e. The second kappa shape index (κ2) is 3.88. The van der Waals surface area contributed by atoms with Crippen LogP contribution in [0.15, 0.2) is 39.0 Å². The Labute approximate surface area is 87.6 Å². The van der Waals surface area contributed by atoms with E-state index >= 15 is 0 Å². The normalized spacial score (nSPS) is 15.9. The van der Waals surface area contributed by atoms with Crippen LogP contribution in [0.4, 0.5) is 0 Å². The molecule has 0 fully saturated rings. The summed E-state index contributed by atoms with van der Waals surface area (Å²) in [6.45, 7) is 0. The Morgan fingerprint density at radius 3 is 2.07 bits per heavy atom. The summed E-state index contributed by atoms with van der Waals surface area (Å²) in [6, 6.07) is 7.49. The summed E-state index contributed by atoms with van der Waals surface area (Å²) in [5.74, 6) is 0. The second-order valence-corrected chi connectivity index (χ2v) is 7.73. The van der Waals surface area contributed by atoms with Crippen molar-refractivity contribution in [3.8, 4) is 0 Å². The van der Waals surface area contributed by atoms with Crippen molar-refractivity contribution in [1.82, 2.24) is 0 Å². The smallest absolute Gasteiger partial charge is 0.233 e. The van der Waals surface area contributed by atoms with Crippen molar-refractivity contribution in [2.24, 2.45) is 3.77 Å². The molecule has 0 aliphatic rings. The predicted octanol–water partition coefficient (Wildman–Crippen LogP) is 1.63. The quantitative estimate of drug-likeness (QED) is 0.753. The van der Waals surface area contributed by atoms with E-state index < -0.39 is 19.0 Å². The first kappa shape index (κ1) is 11.5. The Kier molecular flexibility index (Phi) is 3.18. The zero-order valence-corrected chi connectivity index (χ0v) is 9.64. The van der Waals surface area contributed by atoms with Crippen molar-refractivity contribution < 1.29 is 12.6 Å². The van der Waals surface area contributed by atoms with Crippen LogP contribution in [0.5, 0.6) is 0 Å². The molecule has 0 bridgehead atoms. The summed E-state index contributed by atoms with van der Waals surface area (Å²) in [6.07, 6.45) is 1.05. The molecule has 1 unspecified atom stereocenters. The van der Waals surface area contributed by atoms with Crippen LogP contribution in [0.1, 0.15) is 0 Å². The summed E-state index contributed by atoms with van der Waals surface area (Å²) in [4.78, 5) is -0.0183. The fourth-order valence-corrected chi connectivity index (χ4v) is 3.73. The third-order valence-corrected chi connectivity index (χ3v) is 4.50. The lowest BCUT2D eigenvalue weighted by molar-refractivity contribution is 0.598. The fraction of sp³-hybridized carbons (Fsp3) is 0.143. The largest absolute Gasteiger partial charge is 0.291 e. The van der Waals surface area contributed by atoms with Gasteiger partial charge in [0.2, 0.25) is 0 Å². The highest BCUT2D eigenvalue weighted by Crippen LogP contribution is 2.14. The third-order valence-electron chi connectivity index (χ3n) is 1.27. The maximum absolute atomic E-state index is 11.4. The third kappa shape index (κ3) is 3.28. The number of rotatable bonds is 2. The van der Waals surface area contributed by atoms with E-state index in [2.05, 4.69) is 3.77 Å². The van der Waals surface area contributed by atoms with Crippen molar-refractivity contribution >= 4 is 29.6 Å². The minimum atomic E-state index is -3.90. The monoisotopic (exact) mass is 253 g/mol. The summed E-state index contributed by atoms with van der Waals surface area (Å²) in [5.41, 5.74) is 0. The van der Waals surface area contributed by atoms with Gasteiger partial charge in [-0.3, -0.25) is 0 Å². The highest BCUT2D eigenvalue weighted by atomic mass is 35.7. The molecule has 4 nitrogen and oxygen atoms in total. The molecule has 0 N–H and O–H groups in total. The van der Waals surface area contributed by atoms with E-state index in [1.807, 2.05) is 0 Å². The Morgan fingerprint density at radius 1 is 1.14 bits per heavy atom. The lowest BCUT2D eigenvalue weighted by atomic mass is 10.4. The molecular formula is C7H8ClNO3S2. The topological polar surface area (TPSA) is 63.6 Å². The zero-order chi connectivity index (χ0) is 10.8. The Hall–Kier alpha value is -0.590. The Balaban J connectivity index is 3.33. The molecule has 1 rings (SSSR count). The molecule has 0 spiro atoms. The molecule has 78 valence electrons. The molecule has 14 heavy (non-hydrogen) atoms. The number of nitrogens with zero attached hydrogens (tertiary/aromatic N) is 1. The van der Waals surface area contributed by atoms with E-state index in [1.54, 1.807) is 18.2 Å². The van der Waals surface area contributed by atoms with Gasteiger partial charge in [-0.15, -0.1) is 0 Å². The van der Waals surface area contributed by atoms with Crippen molar-refractivity contribution in [3.63, 3.8) is 0 Å². The van der Waals surface area contributed by atoms with Gasteiger partial charge in [0.1, 0.15) is 8.94 Å². The number of hydrogen-bond acceptors (Lipinski definition) is 3. The molecule has 1 atom stereocenters. The molecule has 7 heteroatoms. The van der Waals surface area contributed by atoms with Crippen LogP contribution in [0, 0.1) is 0 Å². The molecule has 0 radical (unpaired) electrons. The first-order valence-corrected chi connectivity index (χ1v) is 7.73. The van der Waals surface area contributed by atoms with Crippen molar-refractivity contribution in [2.45, 2.75) is 4.90 Å². The zero-order valence-electron chi connectivity index (χ0n) is 7.25. The molecular weight excluding hydrogens is 246 g/mol. The number of halogens is 1. The maximum atomic E-state index is 11.4. The average molecular weight is 254 g/mol.